The minimum absolute atomic E-state index is 0.416. The van der Waals surface area contributed by atoms with Gasteiger partial charge in [0.15, 0.2) is 0 Å². The average Bonchev–Trinajstić information content (AvgIpc) is 2.28. The van der Waals surface area contributed by atoms with Crippen LogP contribution in [0.2, 0.25) is 0 Å². The Morgan fingerprint density at radius 3 is 2.44 bits per heavy atom. The lowest BCUT2D eigenvalue weighted by molar-refractivity contribution is 0.250. The third kappa shape index (κ3) is 1.65. The van der Waals surface area contributed by atoms with Gasteiger partial charge in [-0.1, -0.05) is 13.0 Å². The van der Waals surface area contributed by atoms with E-state index in [1.54, 1.807) is 14.2 Å². The van der Waals surface area contributed by atoms with E-state index in [1.807, 2.05) is 13.0 Å². The largest absolute Gasteiger partial charge is 0.496 e. The molecule has 0 saturated carbocycles. The quantitative estimate of drug-likeness (QED) is 0.849. The van der Waals surface area contributed by atoms with E-state index in [1.165, 1.54) is 5.56 Å². The highest BCUT2D eigenvalue weighted by Gasteiger charge is 2.30. The molecule has 1 heterocycles. The summed E-state index contributed by atoms with van der Waals surface area (Å²) in [5.41, 5.74) is 2.31. The first-order chi connectivity index (χ1) is 7.69. The molecule has 0 aliphatic carbocycles. The minimum atomic E-state index is 0.416. The highest BCUT2D eigenvalue weighted by molar-refractivity contribution is 5.51. The summed E-state index contributed by atoms with van der Waals surface area (Å²) in [6.07, 6.45) is 0. The first-order valence-corrected chi connectivity index (χ1v) is 5.64. The van der Waals surface area contributed by atoms with Crippen molar-refractivity contribution in [3.63, 3.8) is 0 Å². The standard InChI is InChI=1S/C13H19NO2/c1-8-7-14-12(8)10-5-6-11(15-3)9(2)13(10)16-4/h5-6,8,12,14H,7H2,1-4H3. The molecule has 1 aliphatic rings. The molecule has 0 aromatic heterocycles. The van der Waals surface area contributed by atoms with E-state index in [4.69, 9.17) is 9.47 Å². The van der Waals surface area contributed by atoms with E-state index in [9.17, 15) is 0 Å². The molecular formula is C13H19NO2. The Morgan fingerprint density at radius 2 is 2.00 bits per heavy atom. The number of rotatable bonds is 3. The summed E-state index contributed by atoms with van der Waals surface area (Å²) in [6, 6.07) is 4.53. The van der Waals surface area contributed by atoms with Gasteiger partial charge in [0.2, 0.25) is 0 Å². The zero-order valence-corrected chi connectivity index (χ0v) is 10.3. The van der Waals surface area contributed by atoms with Crippen LogP contribution in [-0.4, -0.2) is 20.8 Å². The Balaban J connectivity index is 2.41. The first kappa shape index (κ1) is 11.3. The Labute approximate surface area is 96.8 Å². The molecule has 2 rings (SSSR count). The molecular weight excluding hydrogens is 202 g/mol. The van der Waals surface area contributed by atoms with Gasteiger partial charge in [0.25, 0.3) is 0 Å². The van der Waals surface area contributed by atoms with E-state index in [0.29, 0.717) is 12.0 Å². The van der Waals surface area contributed by atoms with Gasteiger partial charge in [-0.05, 0) is 18.9 Å². The van der Waals surface area contributed by atoms with Crippen LogP contribution < -0.4 is 14.8 Å². The summed E-state index contributed by atoms with van der Waals surface area (Å²) in [7, 11) is 3.40. The maximum Gasteiger partial charge on any atom is 0.130 e. The van der Waals surface area contributed by atoms with E-state index in [-0.39, 0.29) is 0 Å². The molecule has 2 unspecified atom stereocenters. The summed E-state index contributed by atoms with van der Waals surface area (Å²) in [5.74, 6) is 2.50. The molecule has 0 radical (unpaired) electrons. The highest BCUT2D eigenvalue weighted by atomic mass is 16.5. The summed E-state index contributed by atoms with van der Waals surface area (Å²) in [4.78, 5) is 0. The second-order valence-corrected chi connectivity index (χ2v) is 4.38. The maximum atomic E-state index is 5.50. The third-order valence-corrected chi connectivity index (χ3v) is 3.37. The van der Waals surface area contributed by atoms with Crippen molar-refractivity contribution in [2.45, 2.75) is 19.9 Å². The van der Waals surface area contributed by atoms with Gasteiger partial charge in [-0.25, -0.2) is 0 Å². The average molecular weight is 221 g/mol. The Bertz CT molecular complexity index is 390. The molecule has 1 aromatic rings. The van der Waals surface area contributed by atoms with Gasteiger partial charge >= 0.3 is 0 Å². The van der Waals surface area contributed by atoms with Crippen LogP contribution in [-0.2, 0) is 0 Å². The zero-order valence-electron chi connectivity index (χ0n) is 10.3. The van der Waals surface area contributed by atoms with Crippen LogP contribution in [0.5, 0.6) is 11.5 Å². The fraction of sp³-hybridized carbons (Fsp3) is 0.538. The number of methoxy groups -OCH3 is 2. The van der Waals surface area contributed by atoms with E-state index < -0.39 is 0 Å². The second kappa shape index (κ2) is 4.34. The predicted octanol–water partition coefficient (Wildman–Crippen LogP) is 2.29. The topological polar surface area (TPSA) is 30.5 Å². The summed E-state index contributed by atoms with van der Waals surface area (Å²) in [6.45, 7) is 5.36. The molecule has 1 saturated heterocycles. The molecule has 3 heteroatoms. The summed E-state index contributed by atoms with van der Waals surface area (Å²) < 4.78 is 10.8. The van der Waals surface area contributed by atoms with Gasteiger partial charge in [0, 0.05) is 23.7 Å². The monoisotopic (exact) mass is 221 g/mol. The van der Waals surface area contributed by atoms with Crippen molar-refractivity contribution >= 4 is 0 Å². The van der Waals surface area contributed by atoms with Gasteiger partial charge in [-0.15, -0.1) is 0 Å². The van der Waals surface area contributed by atoms with E-state index in [2.05, 4.69) is 18.3 Å². The fourth-order valence-electron chi connectivity index (χ4n) is 2.32. The van der Waals surface area contributed by atoms with Crippen molar-refractivity contribution < 1.29 is 9.47 Å². The first-order valence-electron chi connectivity index (χ1n) is 5.64. The minimum Gasteiger partial charge on any atom is -0.496 e. The molecule has 1 aromatic carbocycles. The van der Waals surface area contributed by atoms with Crippen molar-refractivity contribution in [1.82, 2.24) is 5.32 Å². The zero-order chi connectivity index (χ0) is 11.7. The molecule has 1 N–H and O–H groups in total. The lowest BCUT2D eigenvalue weighted by atomic mass is 9.86. The molecule has 3 nitrogen and oxygen atoms in total. The normalized spacial score (nSPS) is 23.8. The predicted molar refractivity (Wildman–Crippen MR) is 64.2 cm³/mol. The van der Waals surface area contributed by atoms with Crippen LogP contribution in [0.15, 0.2) is 12.1 Å². The van der Waals surface area contributed by atoms with E-state index in [0.717, 1.165) is 23.6 Å². The number of hydrogen-bond acceptors (Lipinski definition) is 3. The van der Waals surface area contributed by atoms with Crippen molar-refractivity contribution in [3.8, 4) is 11.5 Å². The lowest BCUT2D eigenvalue weighted by Gasteiger charge is -2.37. The number of benzene rings is 1. The van der Waals surface area contributed by atoms with E-state index >= 15 is 0 Å². The Morgan fingerprint density at radius 1 is 1.25 bits per heavy atom. The van der Waals surface area contributed by atoms with Gasteiger partial charge < -0.3 is 14.8 Å². The Kier molecular flexibility index (Phi) is 3.06. The van der Waals surface area contributed by atoms with Gasteiger partial charge in [-0.2, -0.15) is 0 Å². The molecule has 88 valence electrons. The SMILES string of the molecule is COc1ccc(C2NCC2C)c(OC)c1C. The molecule has 0 bridgehead atoms. The van der Waals surface area contributed by atoms with Crippen molar-refractivity contribution in [2.24, 2.45) is 5.92 Å². The van der Waals surface area contributed by atoms with Crippen LogP contribution in [0, 0.1) is 12.8 Å². The lowest BCUT2D eigenvalue weighted by Crippen LogP contribution is -2.44. The fourth-order valence-corrected chi connectivity index (χ4v) is 2.32. The van der Waals surface area contributed by atoms with Gasteiger partial charge in [0.05, 0.1) is 14.2 Å². The van der Waals surface area contributed by atoms with Crippen molar-refractivity contribution in [3.05, 3.63) is 23.3 Å². The second-order valence-electron chi connectivity index (χ2n) is 4.38. The third-order valence-electron chi connectivity index (χ3n) is 3.37. The van der Waals surface area contributed by atoms with Crippen molar-refractivity contribution in [2.75, 3.05) is 20.8 Å². The van der Waals surface area contributed by atoms with Gasteiger partial charge in [-0.3, -0.25) is 0 Å². The van der Waals surface area contributed by atoms with Crippen LogP contribution in [0.25, 0.3) is 0 Å². The van der Waals surface area contributed by atoms with Crippen LogP contribution in [0.4, 0.5) is 0 Å². The summed E-state index contributed by atoms with van der Waals surface area (Å²) in [5, 5.41) is 3.43. The number of hydrogen-bond donors (Lipinski definition) is 1. The Hall–Kier alpha value is -1.22. The highest BCUT2D eigenvalue weighted by Crippen LogP contribution is 2.39. The van der Waals surface area contributed by atoms with Gasteiger partial charge in [0.1, 0.15) is 11.5 Å². The molecule has 0 spiro atoms. The molecule has 2 atom stereocenters. The van der Waals surface area contributed by atoms with Crippen LogP contribution in [0.1, 0.15) is 24.1 Å². The maximum absolute atomic E-state index is 5.50. The van der Waals surface area contributed by atoms with Crippen molar-refractivity contribution in [1.29, 1.82) is 0 Å². The summed E-state index contributed by atoms with van der Waals surface area (Å²) >= 11 is 0. The number of ether oxygens (including phenoxy) is 2. The number of nitrogens with one attached hydrogen (secondary N) is 1. The molecule has 1 aliphatic heterocycles. The molecule has 0 amide bonds. The molecule has 16 heavy (non-hydrogen) atoms. The molecule has 1 fully saturated rings. The smallest absolute Gasteiger partial charge is 0.130 e. The van der Waals surface area contributed by atoms with Crippen LogP contribution in [0.3, 0.4) is 0 Å². The van der Waals surface area contributed by atoms with Crippen LogP contribution >= 0.6 is 0 Å².